The van der Waals surface area contributed by atoms with Crippen LogP contribution in [-0.2, 0) is 20.0 Å². The van der Waals surface area contributed by atoms with Crippen molar-refractivity contribution in [1.82, 2.24) is 9.03 Å². The van der Waals surface area contributed by atoms with Gasteiger partial charge in [-0.2, -0.15) is 0 Å². The molecule has 0 aromatic heterocycles. The second-order valence-corrected chi connectivity index (χ2v) is 7.96. The number of nitrogens with one attached hydrogen (secondary N) is 1. The fourth-order valence-electron chi connectivity index (χ4n) is 1.23. The Labute approximate surface area is 112 Å². The molecule has 0 unspecified atom stereocenters. The fourth-order valence-corrected chi connectivity index (χ4v) is 3.19. The highest BCUT2D eigenvalue weighted by Crippen LogP contribution is 2.12. The monoisotopic (exact) mass is 310 g/mol. The maximum absolute atomic E-state index is 13.3. The summed E-state index contributed by atoms with van der Waals surface area (Å²) in [5.74, 6) is -1.28. The quantitative estimate of drug-likeness (QED) is 0.801. The van der Waals surface area contributed by atoms with E-state index in [1.165, 1.54) is 26.2 Å². The van der Waals surface area contributed by atoms with Crippen LogP contribution in [0, 0.1) is 5.82 Å². The number of rotatable bonds is 6. The molecule has 0 spiro atoms. The summed E-state index contributed by atoms with van der Waals surface area (Å²) in [5.41, 5.74) is 0. The number of sulfonamides is 2. The molecule has 1 N–H and O–H groups in total. The summed E-state index contributed by atoms with van der Waals surface area (Å²) in [5, 5.41) is 0. The molecule has 0 aliphatic carbocycles. The number of hydrogen-bond acceptors (Lipinski definition) is 4. The minimum Gasteiger partial charge on any atom is -0.212 e. The Bertz CT molecular complexity index is 641. The normalized spacial score (nSPS) is 12.8. The van der Waals surface area contributed by atoms with Crippen molar-refractivity contribution in [2.24, 2.45) is 0 Å². The van der Waals surface area contributed by atoms with Gasteiger partial charge in [0.05, 0.1) is 5.75 Å². The molecular weight excluding hydrogens is 295 g/mol. The van der Waals surface area contributed by atoms with Crippen LogP contribution in [0.1, 0.15) is 0 Å². The van der Waals surface area contributed by atoms with Crippen LogP contribution in [0.25, 0.3) is 0 Å². The lowest BCUT2D eigenvalue weighted by atomic mass is 10.4. The standard InChI is InChI=1S/C10H15FN2O4S2/c1-13(2)18(14,15)8-7-12-19(16,17)10-6-4-3-5-9(10)11/h3-6,12H,7-8H2,1-2H3. The Hall–Kier alpha value is -1.03. The predicted molar refractivity (Wildman–Crippen MR) is 69.1 cm³/mol. The van der Waals surface area contributed by atoms with Crippen LogP contribution in [0.3, 0.4) is 0 Å². The van der Waals surface area contributed by atoms with E-state index in [1.807, 2.05) is 0 Å². The van der Waals surface area contributed by atoms with E-state index in [1.54, 1.807) is 0 Å². The average molecular weight is 310 g/mol. The van der Waals surface area contributed by atoms with E-state index in [4.69, 9.17) is 0 Å². The number of nitrogens with zero attached hydrogens (tertiary/aromatic N) is 1. The van der Waals surface area contributed by atoms with Crippen molar-refractivity contribution in [3.63, 3.8) is 0 Å². The van der Waals surface area contributed by atoms with Crippen molar-refractivity contribution in [1.29, 1.82) is 0 Å². The Morgan fingerprint density at radius 3 is 2.26 bits per heavy atom. The second-order valence-electron chi connectivity index (χ2n) is 3.93. The van der Waals surface area contributed by atoms with Gasteiger partial charge >= 0.3 is 0 Å². The summed E-state index contributed by atoms with van der Waals surface area (Å²) in [6, 6.07) is 4.88. The molecule has 1 aromatic carbocycles. The van der Waals surface area contributed by atoms with Gasteiger partial charge in [0.1, 0.15) is 10.7 Å². The van der Waals surface area contributed by atoms with Crippen LogP contribution < -0.4 is 4.72 Å². The predicted octanol–water partition coefficient (Wildman–Crippen LogP) is -0.00460. The zero-order chi connectivity index (χ0) is 14.7. The maximum atomic E-state index is 13.3. The molecule has 0 atom stereocenters. The number of benzene rings is 1. The average Bonchev–Trinajstić information content (AvgIpc) is 2.28. The Morgan fingerprint density at radius 1 is 1.16 bits per heavy atom. The van der Waals surface area contributed by atoms with E-state index < -0.39 is 36.5 Å². The first-order valence-corrected chi connectivity index (χ1v) is 8.40. The molecule has 0 bridgehead atoms. The topological polar surface area (TPSA) is 83.6 Å². The molecule has 0 aliphatic heterocycles. The lowest BCUT2D eigenvalue weighted by molar-refractivity contribution is 0.519. The lowest BCUT2D eigenvalue weighted by Gasteiger charge is -2.12. The number of halogens is 1. The molecule has 0 heterocycles. The molecule has 0 saturated heterocycles. The molecule has 0 amide bonds. The number of hydrogen-bond donors (Lipinski definition) is 1. The van der Waals surface area contributed by atoms with Crippen LogP contribution in [-0.4, -0.2) is 47.5 Å². The van der Waals surface area contributed by atoms with Crippen molar-refractivity contribution in [2.75, 3.05) is 26.4 Å². The minimum atomic E-state index is -4.05. The van der Waals surface area contributed by atoms with Crippen molar-refractivity contribution in [3.05, 3.63) is 30.1 Å². The minimum absolute atomic E-state index is 0.322. The van der Waals surface area contributed by atoms with Crippen LogP contribution >= 0.6 is 0 Å². The maximum Gasteiger partial charge on any atom is 0.243 e. The summed E-state index contributed by atoms with van der Waals surface area (Å²) in [6.45, 7) is -0.322. The van der Waals surface area contributed by atoms with Gasteiger partial charge in [-0.1, -0.05) is 12.1 Å². The fraction of sp³-hybridized carbons (Fsp3) is 0.400. The van der Waals surface area contributed by atoms with Crippen molar-refractivity contribution < 1.29 is 21.2 Å². The van der Waals surface area contributed by atoms with Crippen molar-refractivity contribution in [2.45, 2.75) is 4.90 Å². The molecule has 19 heavy (non-hydrogen) atoms. The van der Waals surface area contributed by atoms with Gasteiger partial charge in [-0.3, -0.25) is 0 Å². The molecule has 108 valence electrons. The van der Waals surface area contributed by atoms with Gasteiger partial charge in [-0.15, -0.1) is 0 Å². The van der Waals surface area contributed by atoms with Crippen LogP contribution in [0.4, 0.5) is 4.39 Å². The highest BCUT2D eigenvalue weighted by molar-refractivity contribution is 7.90. The first kappa shape index (κ1) is 16.0. The van der Waals surface area contributed by atoms with Gasteiger partial charge in [-0.05, 0) is 12.1 Å². The highest BCUT2D eigenvalue weighted by Gasteiger charge is 2.20. The third kappa shape index (κ3) is 4.23. The third-order valence-electron chi connectivity index (χ3n) is 2.33. The summed E-state index contributed by atoms with van der Waals surface area (Å²) >= 11 is 0. The molecule has 9 heteroatoms. The third-order valence-corrected chi connectivity index (χ3v) is 5.66. The smallest absolute Gasteiger partial charge is 0.212 e. The van der Waals surface area contributed by atoms with Crippen LogP contribution in [0.15, 0.2) is 29.2 Å². The first-order valence-electron chi connectivity index (χ1n) is 5.31. The zero-order valence-electron chi connectivity index (χ0n) is 10.5. The molecular formula is C10H15FN2O4S2. The van der Waals surface area contributed by atoms with E-state index in [2.05, 4.69) is 4.72 Å². The summed E-state index contributed by atoms with van der Waals surface area (Å²) in [6.07, 6.45) is 0. The molecule has 0 aliphatic rings. The first-order chi connectivity index (χ1) is 8.67. The van der Waals surface area contributed by atoms with Gasteiger partial charge < -0.3 is 0 Å². The molecule has 0 saturated carbocycles. The molecule has 0 radical (unpaired) electrons. The molecule has 0 fully saturated rings. The Morgan fingerprint density at radius 2 is 1.74 bits per heavy atom. The second kappa shape index (κ2) is 5.95. The van der Waals surface area contributed by atoms with Gasteiger partial charge in [0.2, 0.25) is 20.0 Å². The Kier molecular flexibility index (Phi) is 5.02. The SMILES string of the molecule is CN(C)S(=O)(=O)CCNS(=O)(=O)c1ccccc1F. The van der Waals surface area contributed by atoms with Gasteiger partial charge in [-0.25, -0.2) is 30.3 Å². The van der Waals surface area contributed by atoms with Crippen LogP contribution in [0.5, 0.6) is 0 Å². The molecule has 6 nitrogen and oxygen atoms in total. The molecule has 1 rings (SSSR count). The molecule has 1 aromatic rings. The van der Waals surface area contributed by atoms with Gasteiger partial charge in [0, 0.05) is 20.6 Å². The largest absolute Gasteiger partial charge is 0.243 e. The Balaban J connectivity index is 2.76. The van der Waals surface area contributed by atoms with E-state index >= 15 is 0 Å². The van der Waals surface area contributed by atoms with E-state index in [-0.39, 0.29) is 6.54 Å². The zero-order valence-corrected chi connectivity index (χ0v) is 12.1. The summed E-state index contributed by atoms with van der Waals surface area (Å²) in [7, 11) is -4.85. The summed E-state index contributed by atoms with van der Waals surface area (Å²) in [4.78, 5) is -0.503. The van der Waals surface area contributed by atoms with E-state index in [9.17, 15) is 21.2 Å². The lowest BCUT2D eigenvalue weighted by Crippen LogP contribution is -2.34. The van der Waals surface area contributed by atoms with Crippen LogP contribution in [0.2, 0.25) is 0 Å². The van der Waals surface area contributed by atoms with E-state index in [0.29, 0.717) is 0 Å². The van der Waals surface area contributed by atoms with Gasteiger partial charge in [0.15, 0.2) is 0 Å². The summed E-state index contributed by atoms with van der Waals surface area (Å²) < 4.78 is 62.7. The van der Waals surface area contributed by atoms with Crippen molar-refractivity contribution >= 4 is 20.0 Å². The van der Waals surface area contributed by atoms with E-state index in [0.717, 1.165) is 16.4 Å². The van der Waals surface area contributed by atoms with Gasteiger partial charge in [0.25, 0.3) is 0 Å². The van der Waals surface area contributed by atoms with Crippen molar-refractivity contribution in [3.8, 4) is 0 Å². The highest BCUT2D eigenvalue weighted by atomic mass is 32.2.